The van der Waals surface area contributed by atoms with Crippen LogP contribution in [0.25, 0.3) is 10.1 Å². The second-order valence-corrected chi connectivity index (χ2v) is 8.54. The Morgan fingerprint density at radius 2 is 1.86 bits per heavy atom. The Hall–Kier alpha value is -2.44. The van der Waals surface area contributed by atoms with Crippen molar-refractivity contribution in [2.75, 3.05) is 31.9 Å². The van der Waals surface area contributed by atoms with Gasteiger partial charge in [-0.25, -0.2) is 0 Å². The molecule has 1 fully saturated rings. The Bertz CT molecular complexity index is 962. The van der Waals surface area contributed by atoms with Crippen molar-refractivity contribution in [3.05, 3.63) is 59.8 Å². The third kappa shape index (κ3) is 4.77. The number of rotatable bonds is 7. The minimum absolute atomic E-state index is 0.0839. The Morgan fingerprint density at radius 1 is 1.10 bits per heavy atom. The lowest BCUT2D eigenvalue weighted by molar-refractivity contribution is 0.0953. The maximum Gasteiger partial charge on any atom is 0.253 e. The van der Waals surface area contributed by atoms with Crippen LogP contribution < -0.4 is 11.1 Å². The predicted octanol–water partition coefficient (Wildman–Crippen LogP) is 4.27. The number of hydrogen-bond acceptors (Lipinski definition) is 5. The number of likely N-dealkylation sites (tertiary alicyclic amines) is 1. The molecule has 5 nitrogen and oxygen atoms in total. The summed E-state index contributed by atoms with van der Waals surface area (Å²) in [5, 5.41) is 4.31. The maximum atomic E-state index is 12.2. The van der Waals surface area contributed by atoms with Crippen molar-refractivity contribution < 1.29 is 4.79 Å². The van der Waals surface area contributed by atoms with Crippen molar-refractivity contribution in [1.29, 1.82) is 0 Å². The molecule has 1 aromatic heterocycles. The summed E-state index contributed by atoms with van der Waals surface area (Å²) < 4.78 is 6.05. The molecule has 152 valence electrons. The van der Waals surface area contributed by atoms with Gasteiger partial charge in [0.25, 0.3) is 5.91 Å². The molecular weight excluding hydrogens is 380 g/mol. The van der Waals surface area contributed by atoms with Crippen molar-refractivity contribution in [3.8, 4) is 0 Å². The Balaban J connectivity index is 1.16. The molecular formula is C23H28N4OS. The third-order valence-corrected chi connectivity index (χ3v) is 6.61. The van der Waals surface area contributed by atoms with E-state index >= 15 is 0 Å². The highest BCUT2D eigenvalue weighted by Crippen LogP contribution is 2.34. The van der Waals surface area contributed by atoms with Crippen LogP contribution in [0.15, 0.2) is 48.5 Å². The highest BCUT2D eigenvalue weighted by atomic mass is 32.1. The van der Waals surface area contributed by atoms with Gasteiger partial charge in [-0.05, 0) is 75.0 Å². The number of fused-ring (bicyclic) bond motifs is 1. The highest BCUT2D eigenvalue weighted by Gasteiger charge is 2.23. The fraction of sp³-hybridized carbons (Fsp3) is 0.391. The van der Waals surface area contributed by atoms with E-state index in [2.05, 4.69) is 34.5 Å². The van der Waals surface area contributed by atoms with Gasteiger partial charge < -0.3 is 16.0 Å². The van der Waals surface area contributed by atoms with Crippen LogP contribution in [0.5, 0.6) is 0 Å². The average Bonchev–Trinajstić information content (AvgIpc) is 3.18. The number of benzene rings is 2. The molecule has 0 radical (unpaired) electrons. The van der Waals surface area contributed by atoms with Gasteiger partial charge in [-0.1, -0.05) is 30.3 Å². The molecule has 0 unspecified atom stereocenters. The minimum atomic E-state index is -0.0839. The van der Waals surface area contributed by atoms with E-state index in [1.807, 2.05) is 12.1 Å². The van der Waals surface area contributed by atoms with Gasteiger partial charge in [0.1, 0.15) is 0 Å². The third-order valence-electron chi connectivity index (χ3n) is 5.77. The number of unbranched alkanes of at least 4 members (excludes halogenated alkanes) is 1. The molecule has 3 aromatic rings. The number of carbonyl (C=O) groups is 1. The van der Waals surface area contributed by atoms with Gasteiger partial charge in [0.15, 0.2) is 0 Å². The molecule has 0 spiro atoms. The molecule has 0 aliphatic carbocycles. The zero-order valence-electron chi connectivity index (χ0n) is 16.6. The number of nitrogens with zero attached hydrogens (tertiary/aromatic N) is 2. The molecule has 29 heavy (non-hydrogen) atoms. The molecule has 2 aromatic carbocycles. The summed E-state index contributed by atoms with van der Waals surface area (Å²) in [6.45, 7) is 4.04. The number of para-hydroxylation sites is 1. The van der Waals surface area contributed by atoms with Crippen molar-refractivity contribution in [3.63, 3.8) is 0 Å². The number of amides is 1. The van der Waals surface area contributed by atoms with Crippen molar-refractivity contribution in [2.24, 2.45) is 0 Å². The minimum Gasteiger partial charge on any atom is -0.398 e. The number of nitrogen functional groups attached to an aromatic ring is 1. The molecule has 0 atom stereocenters. The first-order chi connectivity index (χ1) is 14.2. The zero-order valence-corrected chi connectivity index (χ0v) is 17.5. The molecule has 1 saturated heterocycles. The number of nitrogens with one attached hydrogen (secondary N) is 1. The first-order valence-electron chi connectivity index (χ1n) is 10.4. The number of aromatic nitrogens is 1. The van der Waals surface area contributed by atoms with E-state index in [9.17, 15) is 4.79 Å². The summed E-state index contributed by atoms with van der Waals surface area (Å²) in [6.07, 6.45) is 4.43. The molecule has 0 bridgehead atoms. The summed E-state index contributed by atoms with van der Waals surface area (Å²) in [6, 6.07) is 15.8. The van der Waals surface area contributed by atoms with Crippen molar-refractivity contribution in [1.82, 2.24) is 14.6 Å². The van der Waals surface area contributed by atoms with E-state index in [4.69, 9.17) is 10.1 Å². The van der Waals surface area contributed by atoms with Crippen LogP contribution in [0.1, 0.15) is 47.7 Å². The van der Waals surface area contributed by atoms with Crippen LogP contribution in [0.2, 0.25) is 0 Å². The first kappa shape index (κ1) is 19.9. The van der Waals surface area contributed by atoms with Gasteiger partial charge in [0, 0.05) is 23.5 Å². The number of nitrogens with two attached hydrogens (primary N) is 1. The van der Waals surface area contributed by atoms with Gasteiger partial charge in [-0.3, -0.25) is 4.79 Å². The monoisotopic (exact) mass is 408 g/mol. The summed E-state index contributed by atoms with van der Waals surface area (Å²) in [7, 11) is 0. The Labute approximate surface area is 176 Å². The molecule has 1 amide bonds. The first-order valence-corrected chi connectivity index (χ1v) is 11.2. The summed E-state index contributed by atoms with van der Waals surface area (Å²) in [4.78, 5) is 14.7. The van der Waals surface area contributed by atoms with Gasteiger partial charge in [0.05, 0.1) is 16.0 Å². The average molecular weight is 409 g/mol. The lowest BCUT2D eigenvalue weighted by atomic mass is 9.91. The Kier molecular flexibility index (Phi) is 6.42. The summed E-state index contributed by atoms with van der Waals surface area (Å²) >= 11 is 1.62. The lowest BCUT2D eigenvalue weighted by Crippen LogP contribution is -2.34. The van der Waals surface area contributed by atoms with Gasteiger partial charge >= 0.3 is 0 Å². The lowest BCUT2D eigenvalue weighted by Gasteiger charge is -2.31. The van der Waals surface area contributed by atoms with E-state index in [1.54, 1.807) is 23.7 Å². The van der Waals surface area contributed by atoms with Crippen LogP contribution in [0.4, 0.5) is 5.69 Å². The van der Waals surface area contributed by atoms with Crippen molar-refractivity contribution >= 4 is 33.2 Å². The normalized spacial score (nSPS) is 15.6. The number of piperidine rings is 1. The van der Waals surface area contributed by atoms with Crippen molar-refractivity contribution in [2.45, 2.75) is 31.6 Å². The summed E-state index contributed by atoms with van der Waals surface area (Å²) in [5.41, 5.74) is 8.24. The molecule has 2 heterocycles. The fourth-order valence-electron chi connectivity index (χ4n) is 4.09. The predicted molar refractivity (Wildman–Crippen MR) is 120 cm³/mol. The smallest absolute Gasteiger partial charge is 0.253 e. The SMILES string of the molecule is Nc1ccccc1C(=O)NCCCCN1CCC(c2nsc3ccccc23)CC1. The van der Waals surface area contributed by atoms with E-state index < -0.39 is 0 Å². The zero-order chi connectivity index (χ0) is 20.1. The van der Waals surface area contributed by atoms with E-state index in [0.29, 0.717) is 23.7 Å². The molecule has 4 rings (SSSR count). The van der Waals surface area contributed by atoms with E-state index in [0.717, 1.165) is 32.5 Å². The number of hydrogen-bond donors (Lipinski definition) is 2. The molecule has 3 N–H and O–H groups in total. The van der Waals surface area contributed by atoms with Crippen LogP contribution in [-0.2, 0) is 0 Å². The molecule has 0 saturated carbocycles. The molecule has 1 aliphatic heterocycles. The van der Waals surface area contributed by atoms with Gasteiger partial charge in [-0.2, -0.15) is 4.37 Å². The maximum absolute atomic E-state index is 12.2. The van der Waals surface area contributed by atoms with E-state index in [-0.39, 0.29) is 5.91 Å². The fourth-order valence-corrected chi connectivity index (χ4v) is 4.95. The molecule has 1 aliphatic rings. The largest absolute Gasteiger partial charge is 0.398 e. The van der Waals surface area contributed by atoms with Crippen LogP contribution in [0, 0.1) is 0 Å². The van der Waals surface area contributed by atoms with Crippen LogP contribution in [0.3, 0.4) is 0 Å². The van der Waals surface area contributed by atoms with E-state index in [1.165, 1.54) is 28.6 Å². The number of anilines is 1. The Morgan fingerprint density at radius 3 is 2.69 bits per heavy atom. The van der Waals surface area contributed by atoms with Gasteiger partial charge in [0.2, 0.25) is 0 Å². The van der Waals surface area contributed by atoms with Crippen LogP contribution >= 0.6 is 11.5 Å². The quantitative estimate of drug-likeness (QED) is 0.452. The van der Waals surface area contributed by atoms with Crippen LogP contribution in [-0.4, -0.2) is 41.4 Å². The molecule has 6 heteroatoms. The highest BCUT2D eigenvalue weighted by molar-refractivity contribution is 7.13. The number of carbonyl (C=O) groups excluding carboxylic acids is 1. The topological polar surface area (TPSA) is 71.2 Å². The standard InChI is InChI=1S/C23H28N4OS/c24-20-9-3-1-7-18(20)23(28)25-13-5-6-14-27-15-11-17(12-16-27)22-19-8-2-4-10-21(19)29-26-22/h1-4,7-10,17H,5-6,11-16,24H2,(H,25,28). The summed E-state index contributed by atoms with van der Waals surface area (Å²) in [5.74, 6) is 0.498. The van der Waals surface area contributed by atoms with Gasteiger partial charge in [-0.15, -0.1) is 0 Å². The second kappa shape index (κ2) is 9.37. The second-order valence-electron chi connectivity index (χ2n) is 7.73.